The van der Waals surface area contributed by atoms with Crippen molar-refractivity contribution in [2.45, 2.75) is 52.0 Å². The average Bonchev–Trinajstić information content (AvgIpc) is 3.37. The molecule has 3 aliphatic heterocycles. The molecule has 0 unspecified atom stereocenters. The fourth-order valence-electron chi connectivity index (χ4n) is 7.32. The number of aryl methyl sites for hydroxylation is 2. The number of hydrogen-bond acceptors (Lipinski definition) is 5. The summed E-state index contributed by atoms with van der Waals surface area (Å²) in [5.74, 6) is 0.838. The third-order valence-electron chi connectivity index (χ3n) is 9.29. The van der Waals surface area contributed by atoms with Crippen LogP contribution in [0.3, 0.4) is 0 Å². The quantitative estimate of drug-likeness (QED) is 0.343. The second-order valence-corrected chi connectivity index (χ2v) is 11.6. The van der Waals surface area contributed by atoms with E-state index in [0.29, 0.717) is 48.1 Å². The van der Waals surface area contributed by atoms with Gasteiger partial charge in [0.05, 0.1) is 18.2 Å². The maximum Gasteiger partial charge on any atom is 0.340 e. The van der Waals surface area contributed by atoms with Crippen LogP contribution in [-0.4, -0.2) is 47.3 Å². The lowest BCUT2D eigenvalue weighted by atomic mass is 9.76. The molecular weight excluding hydrogens is 492 g/mol. The second kappa shape index (κ2) is 9.11. The van der Waals surface area contributed by atoms with Crippen LogP contribution in [0.4, 0.5) is 0 Å². The summed E-state index contributed by atoms with van der Waals surface area (Å²) in [4.78, 5) is 43.3. The molecule has 2 amide bonds. The number of furan rings is 1. The van der Waals surface area contributed by atoms with Crippen LogP contribution < -0.4 is 5.63 Å². The number of rotatable bonds is 3. The largest absolute Gasteiger partial charge is 0.463 e. The molecule has 2 bridgehead atoms. The summed E-state index contributed by atoms with van der Waals surface area (Å²) < 4.78 is 11.8. The topological polar surface area (TPSA) is 84.0 Å². The molecule has 0 spiro atoms. The Hall–Kier alpha value is -3.87. The minimum Gasteiger partial charge on any atom is -0.463 e. The lowest BCUT2D eigenvalue weighted by Crippen LogP contribution is -2.61. The van der Waals surface area contributed by atoms with Gasteiger partial charge in [-0.05, 0) is 62.1 Å². The van der Waals surface area contributed by atoms with Crippen LogP contribution in [0.15, 0.2) is 56.3 Å². The maximum atomic E-state index is 13.6. The molecule has 39 heavy (non-hydrogen) atoms. The zero-order chi connectivity index (χ0) is 26.8. The predicted molar refractivity (Wildman–Crippen MR) is 148 cm³/mol. The summed E-state index contributed by atoms with van der Waals surface area (Å²) in [7, 11) is 0. The summed E-state index contributed by atoms with van der Waals surface area (Å²) in [6.45, 7) is 5.84. The third kappa shape index (κ3) is 3.89. The van der Waals surface area contributed by atoms with E-state index in [0.717, 1.165) is 58.8 Å². The Morgan fingerprint density at radius 2 is 1.82 bits per heavy atom. The number of likely N-dealkylation sites (tertiary alicyclic amines) is 1. The molecule has 2 aromatic heterocycles. The Morgan fingerprint density at radius 3 is 2.64 bits per heavy atom. The standard InChI is InChI=1S/C32H32N2O5/c1-18-23-12-25-26(21-7-4-3-5-8-21)17-38-30(25)19(2)31(23)39-32(37)24(18)13-29(36)33-14-20-11-22(16-33)27-9-6-10-28(35)34(27)15-20/h3-5,7-8,12,17,20,22,27H,6,9-11,13-16H2,1-2H3/t20-,22+,27-/m1/s1. The molecule has 3 aliphatic rings. The average molecular weight is 525 g/mol. The van der Waals surface area contributed by atoms with Gasteiger partial charge in [-0.15, -0.1) is 0 Å². The highest BCUT2D eigenvalue weighted by Gasteiger charge is 2.44. The Bertz CT molecular complexity index is 1680. The van der Waals surface area contributed by atoms with Crippen molar-refractivity contribution in [1.29, 1.82) is 0 Å². The number of carbonyl (C=O) groups excluding carboxylic acids is 2. The van der Waals surface area contributed by atoms with Gasteiger partial charge < -0.3 is 18.6 Å². The van der Waals surface area contributed by atoms with Crippen LogP contribution in [0, 0.1) is 25.7 Å². The smallest absolute Gasteiger partial charge is 0.340 e. The molecule has 7 heteroatoms. The van der Waals surface area contributed by atoms with E-state index in [1.807, 2.05) is 55.1 Å². The van der Waals surface area contributed by atoms with Crippen LogP contribution in [-0.2, 0) is 16.0 Å². The van der Waals surface area contributed by atoms with Gasteiger partial charge in [0.25, 0.3) is 0 Å². The van der Waals surface area contributed by atoms with E-state index >= 15 is 0 Å². The Kier molecular flexibility index (Phi) is 5.65. The first-order chi connectivity index (χ1) is 18.9. The van der Waals surface area contributed by atoms with Gasteiger partial charge in [-0.3, -0.25) is 9.59 Å². The molecule has 3 atom stereocenters. The number of benzene rings is 2. The van der Waals surface area contributed by atoms with Gasteiger partial charge in [0.1, 0.15) is 11.2 Å². The number of amides is 2. The Balaban J connectivity index is 1.22. The number of carbonyl (C=O) groups is 2. The zero-order valence-electron chi connectivity index (χ0n) is 22.4. The van der Waals surface area contributed by atoms with E-state index in [2.05, 4.69) is 4.90 Å². The van der Waals surface area contributed by atoms with Crippen LogP contribution in [0.1, 0.15) is 42.4 Å². The van der Waals surface area contributed by atoms with Gasteiger partial charge in [-0.25, -0.2) is 4.79 Å². The van der Waals surface area contributed by atoms with E-state index in [9.17, 15) is 14.4 Å². The molecule has 4 aromatic rings. The van der Waals surface area contributed by atoms with Gasteiger partial charge in [-0.1, -0.05) is 30.3 Å². The van der Waals surface area contributed by atoms with Crippen LogP contribution >= 0.6 is 0 Å². The Labute approximate surface area is 226 Å². The van der Waals surface area contributed by atoms with Crippen molar-refractivity contribution < 1.29 is 18.4 Å². The van der Waals surface area contributed by atoms with Crippen molar-refractivity contribution in [3.63, 3.8) is 0 Å². The van der Waals surface area contributed by atoms with Crippen LogP contribution in [0.5, 0.6) is 0 Å². The lowest BCUT2D eigenvalue weighted by molar-refractivity contribution is -0.148. The molecule has 3 saturated heterocycles. The first-order valence-corrected chi connectivity index (χ1v) is 14.0. The van der Waals surface area contributed by atoms with Crippen molar-refractivity contribution >= 4 is 33.8 Å². The Morgan fingerprint density at radius 1 is 1.00 bits per heavy atom. The monoisotopic (exact) mass is 524 g/mol. The minimum atomic E-state index is -0.466. The minimum absolute atomic E-state index is 0.0187. The van der Waals surface area contributed by atoms with Gasteiger partial charge in [0, 0.05) is 54.0 Å². The van der Waals surface area contributed by atoms with Crippen molar-refractivity contribution in [3.05, 3.63) is 69.8 Å². The van der Waals surface area contributed by atoms with Crippen molar-refractivity contribution in [2.75, 3.05) is 19.6 Å². The van der Waals surface area contributed by atoms with Crippen LogP contribution in [0.2, 0.25) is 0 Å². The highest BCUT2D eigenvalue weighted by molar-refractivity contribution is 6.05. The van der Waals surface area contributed by atoms with Gasteiger partial charge >= 0.3 is 5.63 Å². The van der Waals surface area contributed by atoms with Crippen molar-refractivity contribution in [1.82, 2.24) is 9.80 Å². The second-order valence-electron chi connectivity index (χ2n) is 11.6. The van der Waals surface area contributed by atoms with Gasteiger partial charge in [0.15, 0.2) is 0 Å². The molecule has 2 aromatic carbocycles. The first kappa shape index (κ1) is 24.2. The van der Waals surface area contributed by atoms with E-state index in [1.165, 1.54) is 0 Å². The molecule has 200 valence electrons. The fraction of sp³-hybridized carbons (Fsp3) is 0.406. The highest BCUT2D eigenvalue weighted by atomic mass is 16.4. The summed E-state index contributed by atoms with van der Waals surface area (Å²) in [5.41, 5.74) is 4.74. The van der Waals surface area contributed by atoms with Crippen LogP contribution in [0.25, 0.3) is 33.1 Å². The summed E-state index contributed by atoms with van der Waals surface area (Å²) in [5, 5.41) is 1.78. The van der Waals surface area contributed by atoms with Crippen molar-refractivity contribution in [3.8, 4) is 11.1 Å². The number of hydrogen-bond donors (Lipinski definition) is 0. The number of piperidine rings is 3. The molecule has 0 saturated carbocycles. The SMILES string of the molecule is Cc1c(CC(=O)N2C[C@H]3C[C@@H](C2)[C@H]2CCCC(=O)N2C3)c(=O)oc2c(C)c3occ(-c4ccccc4)c3cc12. The fourth-order valence-corrected chi connectivity index (χ4v) is 7.32. The molecule has 5 heterocycles. The number of nitrogens with zero attached hydrogens (tertiary/aromatic N) is 2. The molecular formula is C32H32N2O5. The molecule has 0 N–H and O–H groups in total. The maximum absolute atomic E-state index is 13.6. The van der Waals surface area contributed by atoms with Crippen molar-refractivity contribution in [2.24, 2.45) is 11.8 Å². The molecule has 0 aliphatic carbocycles. The first-order valence-electron chi connectivity index (χ1n) is 14.0. The molecule has 7 nitrogen and oxygen atoms in total. The van der Waals surface area contributed by atoms with E-state index in [-0.39, 0.29) is 24.3 Å². The zero-order valence-corrected chi connectivity index (χ0v) is 22.4. The summed E-state index contributed by atoms with van der Waals surface area (Å²) >= 11 is 0. The lowest BCUT2D eigenvalue weighted by Gasteiger charge is -2.52. The highest BCUT2D eigenvalue weighted by Crippen LogP contribution is 2.39. The predicted octanol–water partition coefficient (Wildman–Crippen LogP) is 5.22. The molecule has 7 rings (SSSR count). The van der Waals surface area contributed by atoms with Gasteiger partial charge in [-0.2, -0.15) is 0 Å². The van der Waals surface area contributed by atoms with Gasteiger partial charge in [0.2, 0.25) is 11.8 Å². The molecule has 0 radical (unpaired) electrons. The van der Waals surface area contributed by atoms with E-state index < -0.39 is 5.63 Å². The summed E-state index contributed by atoms with van der Waals surface area (Å²) in [6.07, 6.45) is 5.43. The normalized spacial score (nSPS) is 22.9. The third-order valence-corrected chi connectivity index (χ3v) is 9.29. The summed E-state index contributed by atoms with van der Waals surface area (Å²) in [6, 6.07) is 12.3. The molecule has 3 fully saturated rings. The van der Waals surface area contributed by atoms with E-state index in [4.69, 9.17) is 8.83 Å². The number of fused-ring (bicyclic) bond motifs is 6. The van der Waals surface area contributed by atoms with E-state index in [1.54, 1.807) is 6.26 Å².